The lowest BCUT2D eigenvalue weighted by Crippen LogP contribution is -2.49. The van der Waals surface area contributed by atoms with Crippen molar-refractivity contribution < 1.29 is 23.5 Å². The van der Waals surface area contributed by atoms with Crippen molar-refractivity contribution >= 4 is 29.4 Å². The van der Waals surface area contributed by atoms with Gasteiger partial charge in [0.1, 0.15) is 11.5 Å². The molecule has 0 bridgehead atoms. The molecule has 2 aromatic rings. The Hall–Kier alpha value is -3.00. The molecule has 0 spiro atoms. The maximum Gasteiger partial charge on any atom is 0.344 e. The van der Waals surface area contributed by atoms with Gasteiger partial charge in [0, 0.05) is 5.02 Å². The molecule has 27 heavy (non-hydrogen) atoms. The third-order valence-electron chi connectivity index (χ3n) is 4.21. The number of hydrogen-bond donors (Lipinski definition) is 2. The second-order valence-electron chi connectivity index (χ2n) is 6.37. The van der Waals surface area contributed by atoms with Crippen LogP contribution in [0.3, 0.4) is 0 Å². The zero-order valence-corrected chi connectivity index (χ0v) is 15.7. The van der Waals surface area contributed by atoms with E-state index in [2.05, 4.69) is 10.7 Å². The largest absolute Gasteiger partial charge is 0.483 e. The number of ether oxygens (including phenoxy) is 1. The zero-order valence-electron chi connectivity index (χ0n) is 15.0. The fraction of sp³-hybridized carbons (Fsp3) is 0.278. The molecule has 0 radical (unpaired) electrons. The van der Waals surface area contributed by atoms with E-state index in [1.54, 1.807) is 38.1 Å². The van der Waals surface area contributed by atoms with Gasteiger partial charge in [0.05, 0.1) is 6.26 Å². The predicted molar refractivity (Wildman–Crippen MR) is 96.0 cm³/mol. The van der Waals surface area contributed by atoms with E-state index in [0.717, 1.165) is 11.1 Å². The number of hydrogen-bond acceptors (Lipinski definition) is 5. The van der Waals surface area contributed by atoms with Crippen molar-refractivity contribution in [2.24, 2.45) is 0 Å². The molecule has 142 valence electrons. The number of rotatable bonds is 5. The molecule has 1 aromatic carbocycles. The van der Waals surface area contributed by atoms with Gasteiger partial charge in [0.25, 0.3) is 11.8 Å². The van der Waals surface area contributed by atoms with Gasteiger partial charge in [-0.2, -0.15) is 5.01 Å². The molecular weight excluding hydrogens is 374 g/mol. The van der Waals surface area contributed by atoms with Crippen LogP contribution in [-0.2, 0) is 15.1 Å². The van der Waals surface area contributed by atoms with E-state index in [-0.39, 0.29) is 12.4 Å². The monoisotopic (exact) mass is 391 g/mol. The van der Waals surface area contributed by atoms with Gasteiger partial charge in [0.15, 0.2) is 12.1 Å². The number of amides is 4. The van der Waals surface area contributed by atoms with Crippen LogP contribution in [0.5, 0.6) is 5.75 Å². The van der Waals surface area contributed by atoms with E-state index >= 15 is 0 Å². The van der Waals surface area contributed by atoms with Crippen LogP contribution in [0.1, 0.15) is 23.8 Å². The van der Waals surface area contributed by atoms with Gasteiger partial charge in [-0.25, -0.2) is 4.79 Å². The average Bonchev–Trinajstić information content (AvgIpc) is 3.18. The number of carbonyl (C=O) groups excluding carboxylic acids is 3. The van der Waals surface area contributed by atoms with E-state index in [4.69, 9.17) is 20.8 Å². The predicted octanol–water partition coefficient (Wildman–Crippen LogP) is 2.43. The number of nitrogens with zero attached hydrogens (tertiary/aromatic N) is 1. The highest BCUT2D eigenvalue weighted by atomic mass is 35.5. The van der Waals surface area contributed by atoms with E-state index in [1.807, 2.05) is 0 Å². The van der Waals surface area contributed by atoms with Crippen LogP contribution >= 0.6 is 11.6 Å². The average molecular weight is 392 g/mol. The van der Waals surface area contributed by atoms with E-state index in [9.17, 15) is 14.4 Å². The van der Waals surface area contributed by atoms with Gasteiger partial charge >= 0.3 is 6.03 Å². The van der Waals surface area contributed by atoms with Gasteiger partial charge < -0.3 is 14.5 Å². The summed E-state index contributed by atoms with van der Waals surface area (Å²) in [7, 11) is 0. The highest BCUT2D eigenvalue weighted by Gasteiger charge is 2.52. The van der Waals surface area contributed by atoms with Crippen molar-refractivity contribution in [1.82, 2.24) is 15.8 Å². The molecule has 1 aromatic heterocycles. The van der Waals surface area contributed by atoms with Crippen LogP contribution in [-0.4, -0.2) is 29.5 Å². The first-order valence-corrected chi connectivity index (χ1v) is 8.50. The third kappa shape index (κ3) is 3.48. The van der Waals surface area contributed by atoms with E-state index < -0.39 is 23.4 Å². The van der Waals surface area contributed by atoms with Crippen molar-refractivity contribution in [2.75, 3.05) is 6.61 Å². The first-order valence-electron chi connectivity index (χ1n) is 8.12. The summed E-state index contributed by atoms with van der Waals surface area (Å²) in [5.41, 5.74) is 2.41. The lowest BCUT2D eigenvalue weighted by atomic mass is 10.00. The summed E-state index contributed by atoms with van der Waals surface area (Å²) >= 11 is 5.97. The summed E-state index contributed by atoms with van der Waals surface area (Å²) in [6.45, 7) is 4.73. The van der Waals surface area contributed by atoms with Gasteiger partial charge in [0.2, 0.25) is 0 Å². The summed E-state index contributed by atoms with van der Waals surface area (Å²) in [6.07, 6.45) is 1.39. The normalized spacial score (nSPS) is 19.2. The molecule has 2 N–H and O–H groups in total. The highest BCUT2D eigenvalue weighted by Crippen LogP contribution is 2.29. The molecular formula is C18H18ClN3O5. The lowest BCUT2D eigenvalue weighted by Gasteiger charge is -2.19. The Morgan fingerprint density at radius 2 is 2.00 bits per heavy atom. The highest BCUT2D eigenvalue weighted by molar-refractivity contribution is 6.30. The van der Waals surface area contributed by atoms with Crippen LogP contribution in [0.25, 0.3) is 0 Å². The summed E-state index contributed by atoms with van der Waals surface area (Å²) in [5, 5.41) is 3.70. The van der Waals surface area contributed by atoms with Gasteiger partial charge in [-0.15, -0.1) is 0 Å². The molecule has 1 aliphatic rings. The second-order valence-corrected chi connectivity index (χ2v) is 6.80. The van der Waals surface area contributed by atoms with Crippen LogP contribution in [0, 0.1) is 13.8 Å². The molecule has 1 fully saturated rings. The smallest absolute Gasteiger partial charge is 0.344 e. The maximum absolute atomic E-state index is 12.6. The summed E-state index contributed by atoms with van der Waals surface area (Å²) in [4.78, 5) is 36.9. The molecule has 3 rings (SSSR count). The molecule has 0 unspecified atom stereocenters. The maximum atomic E-state index is 12.6. The fourth-order valence-electron chi connectivity index (χ4n) is 2.89. The molecule has 0 aliphatic carbocycles. The topological polar surface area (TPSA) is 101 Å². The number of furan rings is 1. The van der Waals surface area contributed by atoms with Crippen molar-refractivity contribution in [1.29, 1.82) is 0 Å². The number of carbonyl (C=O) groups is 3. The van der Waals surface area contributed by atoms with Gasteiger partial charge in [-0.05, 0) is 56.2 Å². The molecule has 1 atom stereocenters. The Balaban J connectivity index is 1.66. The summed E-state index contributed by atoms with van der Waals surface area (Å²) < 4.78 is 10.8. The number of aryl methyl sites for hydroxylation is 2. The van der Waals surface area contributed by atoms with Crippen LogP contribution in [0.15, 0.2) is 34.9 Å². The van der Waals surface area contributed by atoms with Gasteiger partial charge in [-0.3, -0.25) is 15.0 Å². The fourth-order valence-corrected chi connectivity index (χ4v) is 3.22. The number of benzene rings is 1. The second kappa shape index (κ2) is 6.96. The first kappa shape index (κ1) is 18.8. The molecule has 0 saturated carbocycles. The minimum absolute atomic E-state index is 0.265. The van der Waals surface area contributed by atoms with Crippen molar-refractivity contribution in [3.05, 3.63) is 52.4 Å². The number of hydrazine groups is 1. The Bertz CT molecular complexity index is 889. The van der Waals surface area contributed by atoms with Crippen LogP contribution < -0.4 is 15.5 Å². The van der Waals surface area contributed by atoms with Crippen molar-refractivity contribution in [3.8, 4) is 5.75 Å². The number of imide groups is 1. The van der Waals surface area contributed by atoms with Crippen molar-refractivity contribution in [2.45, 2.75) is 26.3 Å². The summed E-state index contributed by atoms with van der Waals surface area (Å²) in [6, 6.07) is 5.85. The Kier molecular flexibility index (Phi) is 4.84. The molecule has 9 heteroatoms. The van der Waals surface area contributed by atoms with Crippen molar-refractivity contribution in [3.63, 3.8) is 0 Å². The Morgan fingerprint density at radius 1 is 1.33 bits per heavy atom. The minimum atomic E-state index is -1.39. The molecule has 2 heterocycles. The summed E-state index contributed by atoms with van der Waals surface area (Å²) in [5.74, 6) is -0.529. The molecule has 4 amide bonds. The van der Waals surface area contributed by atoms with Gasteiger partial charge in [-0.1, -0.05) is 11.6 Å². The van der Waals surface area contributed by atoms with Crippen LogP contribution in [0.2, 0.25) is 5.02 Å². The van der Waals surface area contributed by atoms with E-state index in [1.165, 1.54) is 13.2 Å². The zero-order chi connectivity index (χ0) is 19.8. The standard InChI is InChI=1S/C18H18ClN3O5/c1-10-7-12(19)8-11(2)15(10)27-9-14(23)21-22-16(24)18(3,20-17(22)25)13-5-4-6-26-13/h4-8H,9H2,1-3H3,(H,20,25)(H,21,23)/t18-/m0/s1. The number of halogens is 1. The lowest BCUT2D eigenvalue weighted by molar-refractivity contribution is -0.140. The third-order valence-corrected chi connectivity index (χ3v) is 4.43. The minimum Gasteiger partial charge on any atom is -0.483 e. The number of nitrogens with one attached hydrogen (secondary N) is 2. The van der Waals surface area contributed by atoms with E-state index in [0.29, 0.717) is 15.8 Å². The SMILES string of the molecule is Cc1cc(Cl)cc(C)c1OCC(=O)NN1C(=O)N[C@@](C)(c2ccco2)C1=O. The first-order chi connectivity index (χ1) is 12.7. The Morgan fingerprint density at radius 3 is 2.59 bits per heavy atom. The van der Waals surface area contributed by atoms with Crippen LogP contribution in [0.4, 0.5) is 4.79 Å². The molecule has 8 nitrogen and oxygen atoms in total. The Labute approximate surface area is 160 Å². The quantitative estimate of drug-likeness (QED) is 0.762. The molecule has 1 saturated heterocycles. The number of urea groups is 1. The molecule has 1 aliphatic heterocycles.